The highest BCUT2D eigenvalue weighted by molar-refractivity contribution is 5.85. The van der Waals surface area contributed by atoms with E-state index in [1.807, 2.05) is 6.92 Å². The maximum Gasteiger partial charge on any atom is 0.330 e. The number of unbranched alkanes of at least 4 members (excludes halogenated alkanes) is 6. The molecular formula is C14H26O3. The van der Waals surface area contributed by atoms with Gasteiger partial charge in [-0.3, -0.25) is 0 Å². The van der Waals surface area contributed by atoms with E-state index in [2.05, 4.69) is 6.58 Å². The van der Waals surface area contributed by atoms with Gasteiger partial charge in [0.05, 0.1) is 0 Å². The second kappa shape index (κ2) is 11.6. The van der Waals surface area contributed by atoms with Gasteiger partial charge in [0.2, 0.25) is 0 Å². The Kier molecular flexibility index (Phi) is 11.1. The minimum absolute atomic E-state index is 0.335. The Morgan fingerprint density at radius 3 is 2.12 bits per heavy atom. The minimum Gasteiger partial charge on any atom is -0.478 e. The van der Waals surface area contributed by atoms with Crippen LogP contribution >= 0.6 is 0 Å². The number of ether oxygens (including phenoxy) is 1. The zero-order valence-electron chi connectivity index (χ0n) is 11.0. The Labute approximate surface area is 105 Å². The SMILES string of the molecule is C=C(CCCCCCCCCOCC)C(=O)O. The molecule has 0 aliphatic heterocycles. The van der Waals surface area contributed by atoms with Crippen molar-refractivity contribution in [1.82, 2.24) is 0 Å². The third-order valence-electron chi connectivity index (χ3n) is 2.77. The molecule has 0 aromatic carbocycles. The van der Waals surface area contributed by atoms with Crippen molar-refractivity contribution in [2.75, 3.05) is 13.2 Å². The molecule has 0 spiro atoms. The van der Waals surface area contributed by atoms with Gasteiger partial charge in [-0.25, -0.2) is 4.79 Å². The highest BCUT2D eigenvalue weighted by atomic mass is 16.5. The molecule has 17 heavy (non-hydrogen) atoms. The number of aliphatic carboxylic acids is 1. The summed E-state index contributed by atoms with van der Waals surface area (Å²) >= 11 is 0. The van der Waals surface area contributed by atoms with Crippen LogP contribution in [0.3, 0.4) is 0 Å². The number of carboxylic acids is 1. The summed E-state index contributed by atoms with van der Waals surface area (Å²) < 4.78 is 5.26. The van der Waals surface area contributed by atoms with Crippen molar-refractivity contribution in [2.45, 2.75) is 58.3 Å². The number of carboxylic acid groups (broad SMARTS) is 1. The van der Waals surface area contributed by atoms with Crippen molar-refractivity contribution >= 4 is 5.97 Å². The highest BCUT2D eigenvalue weighted by Gasteiger charge is 2.02. The molecule has 100 valence electrons. The first-order chi connectivity index (χ1) is 8.18. The maximum atomic E-state index is 10.5. The van der Waals surface area contributed by atoms with E-state index in [4.69, 9.17) is 9.84 Å². The third kappa shape index (κ3) is 11.4. The van der Waals surface area contributed by atoms with Gasteiger partial charge in [-0.2, -0.15) is 0 Å². The Balaban J connectivity index is 3.08. The minimum atomic E-state index is -0.860. The molecule has 0 aromatic heterocycles. The van der Waals surface area contributed by atoms with Crippen LogP contribution in [0.5, 0.6) is 0 Å². The summed E-state index contributed by atoms with van der Waals surface area (Å²) in [6.45, 7) is 7.23. The maximum absolute atomic E-state index is 10.5. The highest BCUT2D eigenvalue weighted by Crippen LogP contribution is 2.11. The molecule has 0 aliphatic rings. The molecule has 0 saturated heterocycles. The fraction of sp³-hybridized carbons (Fsp3) is 0.786. The fourth-order valence-corrected chi connectivity index (χ4v) is 1.68. The fourth-order valence-electron chi connectivity index (χ4n) is 1.68. The average Bonchev–Trinajstić information content (AvgIpc) is 2.31. The van der Waals surface area contributed by atoms with E-state index in [9.17, 15) is 4.79 Å². The van der Waals surface area contributed by atoms with Crippen molar-refractivity contribution in [1.29, 1.82) is 0 Å². The van der Waals surface area contributed by atoms with E-state index in [0.29, 0.717) is 12.0 Å². The average molecular weight is 242 g/mol. The molecular weight excluding hydrogens is 216 g/mol. The first-order valence-corrected chi connectivity index (χ1v) is 6.67. The van der Waals surface area contributed by atoms with Gasteiger partial charge >= 0.3 is 5.97 Å². The van der Waals surface area contributed by atoms with Crippen LogP contribution in [-0.2, 0) is 9.53 Å². The number of hydrogen-bond donors (Lipinski definition) is 1. The molecule has 0 radical (unpaired) electrons. The van der Waals surface area contributed by atoms with E-state index in [-0.39, 0.29) is 0 Å². The zero-order valence-corrected chi connectivity index (χ0v) is 11.0. The van der Waals surface area contributed by atoms with Crippen molar-refractivity contribution < 1.29 is 14.6 Å². The van der Waals surface area contributed by atoms with Crippen LogP contribution in [0.15, 0.2) is 12.2 Å². The van der Waals surface area contributed by atoms with Crippen LogP contribution in [0, 0.1) is 0 Å². The predicted octanol–water partition coefficient (Wildman–Crippen LogP) is 3.78. The molecule has 0 unspecified atom stereocenters. The molecule has 3 nitrogen and oxygen atoms in total. The number of rotatable bonds is 12. The lowest BCUT2D eigenvalue weighted by Gasteiger charge is -2.03. The molecule has 0 heterocycles. The van der Waals surface area contributed by atoms with Gasteiger partial charge in [0.15, 0.2) is 0 Å². The van der Waals surface area contributed by atoms with Crippen LogP contribution in [0.4, 0.5) is 0 Å². The molecule has 1 N–H and O–H groups in total. The molecule has 0 saturated carbocycles. The standard InChI is InChI=1S/C14H26O3/c1-3-17-12-10-8-6-4-5-7-9-11-13(2)14(15)16/h2-12H2,1H3,(H,15,16). The lowest BCUT2D eigenvalue weighted by atomic mass is 10.1. The first kappa shape index (κ1) is 16.2. The van der Waals surface area contributed by atoms with Gasteiger partial charge in [-0.15, -0.1) is 0 Å². The smallest absolute Gasteiger partial charge is 0.330 e. The molecule has 0 fully saturated rings. The Bertz CT molecular complexity index is 212. The van der Waals surface area contributed by atoms with Crippen molar-refractivity contribution in [3.8, 4) is 0 Å². The number of carbonyl (C=O) groups is 1. The first-order valence-electron chi connectivity index (χ1n) is 6.67. The predicted molar refractivity (Wildman–Crippen MR) is 70.2 cm³/mol. The monoisotopic (exact) mass is 242 g/mol. The summed E-state index contributed by atoms with van der Waals surface area (Å²) in [5.41, 5.74) is 0.335. The molecule has 0 aromatic rings. The molecule has 0 rings (SSSR count). The summed E-state index contributed by atoms with van der Waals surface area (Å²) in [7, 11) is 0. The van der Waals surface area contributed by atoms with E-state index >= 15 is 0 Å². The topological polar surface area (TPSA) is 46.5 Å². The second-order valence-corrected chi connectivity index (χ2v) is 4.33. The Hall–Kier alpha value is -0.830. The van der Waals surface area contributed by atoms with Crippen LogP contribution < -0.4 is 0 Å². The van der Waals surface area contributed by atoms with E-state index < -0.39 is 5.97 Å². The summed E-state index contributed by atoms with van der Waals surface area (Å²) in [4.78, 5) is 10.5. The van der Waals surface area contributed by atoms with E-state index in [0.717, 1.165) is 32.5 Å². The molecule has 0 bridgehead atoms. The van der Waals surface area contributed by atoms with Crippen LogP contribution in [0.1, 0.15) is 58.3 Å². The third-order valence-corrected chi connectivity index (χ3v) is 2.77. The second-order valence-electron chi connectivity index (χ2n) is 4.33. The van der Waals surface area contributed by atoms with Crippen molar-refractivity contribution in [2.24, 2.45) is 0 Å². The van der Waals surface area contributed by atoms with Gasteiger partial charge in [0.25, 0.3) is 0 Å². The van der Waals surface area contributed by atoms with E-state index in [1.165, 1.54) is 25.7 Å². The van der Waals surface area contributed by atoms with Crippen LogP contribution in [-0.4, -0.2) is 24.3 Å². The Morgan fingerprint density at radius 2 is 1.59 bits per heavy atom. The largest absolute Gasteiger partial charge is 0.478 e. The zero-order chi connectivity index (χ0) is 12.9. The van der Waals surface area contributed by atoms with Crippen LogP contribution in [0.25, 0.3) is 0 Å². The summed E-state index contributed by atoms with van der Waals surface area (Å²) in [6, 6.07) is 0. The van der Waals surface area contributed by atoms with Crippen molar-refractivity contribution in [3.63, 3.8) is 0 Å². The molecule has 0 atom stereocenters. The molecule has 0 aliphatic carbocycles. The molecule has 0 amide bonds. The van der Waals surface area contributed by atoms with E-state index in [1.54, 1.807) is 0 Å². The normalized spacial score (nSPS) is 10.4. The number of hydrogen-bond acceptors (Lipinski definition) is 2. The van der Waals surface area contributed by atoms with Gasteiger partial charge in [-0.05, 0) is 26.2 Å². The van der Waals surface area contributed by atoms with Gasteiger partial charge < -0.3 is 9.84 Å². The van der Waals surface area contributed by atoms with Crippen LogP contribution in [0.2, 0.25) is 0 Å². The van der Waals surface area contributed by atoms with Gasteiger partial charge in [0.1, 0.15) is 0 Å². The van der Waals surface area contributed by atoms with Crippen molar-refractivity contribution in [3.05, 3.63) is 12.2 Å². The molecule has 3 heteroatoms. The lowest BCUT2D eigenvalue weighted by molar-refractivity contribution is -0.132. The quantitative estimate of drug-likeness (QED) is 0.418. The summed E-state index contributed by atoms with van der Waals surface area (Å²) in [5.74, 6) is -0.860. The lowest BCUT2D eigenvalue weighted by Crippen LogP contribution is -1.98. The Morgan fingerprint density at radius 1 is 1.06 bits per heavy atom. The summed E-state index contributed by atoms with van der Waals surface area (Å²) in [5, 5.41) is 8.61. The summed E-state index contributed by atoms with van der Waals surface area (Å²) in [6.07, 6.45) is 8.77. The van der Waals surface area contributed by atoms with Gasteiger partial charge in [0, 0.05) is 18.8 Å². The van der Waals surface area contributed by atoms with Gasteiger partial charge in [-0.1, -0.05) is 38.7 Å².